The minimum Gasteiger partial charge on any atom is -0.390 e. The first-order chi connectivity index (χ1) is 10.5. The topological polar surface area (TPSA) is 49.7 Å². The van der Waals surface area contributed by atoms with Crippen LogP contribution in [0, 0.1) is 0 Å². The van der Waals surface area contributed by atoms with Crippen molar-refractivity contribution in [3.63, 3.8) is 0 Å². The summed E-state index contributed by atoms with van der Waals surface area (Å²) < 4.78 is 8.07. The molecule has 0 unspecified atom stereocenters. The molecule has 0 aromatic heterocycles. The summed E-state index contributed by atoms with van der Waals surface area (Å²) in [4.78, 5) is 0. The summed E-state index contributed by atoms with van der Waals surface area (Å²) in [6, 6.07) is 12.3. The van der Waals surface area contributed by atoms with E-state index in [1.54, 1.807) is 0 Å². The van der Waals surface area contributed by atoms with Crippen molar-refractivity contribution in [2.45, 2.75) is 24.2 Å². The lowest BCUT2D eigenvalue weighted by atomic mass is 9.82. The monoisotopic (exact) mass is 424 g/mol. The molecule has 0 saturated carbocycles. The van der Waals surface area contributed by atoms with Crippen molar-refractivity contribution in [2.75, 3.05) is 6.61 Å². The molecule has 2 aliphatic rings. The van der Waals surface area contributed by atoms with Crippen LogP contribution in [-0.2, 0) is 10.3 Å². The molecule has 4 rings (SSSR count). The number of rotatable bonds is 0. The second-order valence-electron chi connectivity index (χ2n) is 5.86. The number of aliphatic hydroxyl groups is 2. The second kappa shape index (κ2) is 5.14. The van der Waals surface area contributed by atoms with Gasteiger partial charge < -0.3 is 14.9 Å². The molecule has 0 bridgehead atoms. The van der Waals surface area contributed by atoms with Crippen molar-refractivity contribution < 1.29 is 14.9 Å². The Morgan fingerprint density at radius 3 is 1.95 bits per heavy atom. The van der Waals surface area contributed by atoms with Gasteiger partial charge in [-0.1, -0.05) is 44.0 Å². The third-order valence-corrected chi connectivity index (χ3v) is 5.55. The van der Waals surface area contributed by atoms with Gasteiger partial charge in [0, 0.05) is 15.4 Å². The van der Waals surface area contributed by atoms with Crippen LogP contribution in [0.2, 0.25) is 0 Å². The summed E-state index contributed by atoms with van der Waals surface area (Å²) in [5.74, 6) is 0. The molecule has 3 nitrogen and oxygen atoms in total. The molecule has 1 heterocycles. The van der Waals surface area contributed by atoms with Gasteiger partial charge in [0.05, 0.1) is 12.7 Å². The van der Waals surface area contributed by atoms with E-state index in [1.165, 1.54) is 0 Å². The molecule has 5 heteroatoms. The normalized spacial score (nSPS) is 25.1. The van der Waals surface area contributed by atoms with Crippen molar-refractivity contribution >= 4 is 31.9 Å². The van der Waals surface area contributed by atoms with Crippen LogP contribution in [0.5, 0.6) is 0 Å². The van der Waals surface area contributed by atoms with Gasteiger partial charge in [-0.3, -0.25) is 0 Å². The van der Waals surface area contributed by atoms with Gasteiger partial charge in [0.15, 0.2) is 0 Å². The van der Waals surface area contributed by atoms with Gasteiger partial charge in [0.2, 0.25) is 0 Å². The third kappa shape index (κ3) is 2.03. The van der Waals surface area contributed by atoms with Crippen LogP contribution in [0.15, 0.2) is 45.3 Å². The van der Waals surface area contributed by atoms with E-state index in [-0.39, 0.29) is 6.61 Å². The Balaban J connectivity index is 1.98. The number of ether oxygens (including phenoxy) is 1. The molecule has 1 spiro atoms. The number of hydrogen-bond donors (Lipinski definition) is 2. The Hall–Kier alpha value is -0.720. The van der Waals surface area contributed by atoms with E-state index in [0.717, 1.165) is 31.2 Å². The Bertz CT molecular complexity index is 708. The van der Waals surface area contributed by atoms with Crippen LogP contribution in [0.4, 0.5) is 0 Å². The summed E-state index contributed by atoms with van der Waals surface area (Å²) in [7, 11) is 0. The van der Waals surface area contributed by atoms with E-state index in [4.69, 9.17) is 4.74 Å². The van der Waals surface area contributed by atoms with E-state index in [2.05, 4.69) is 44.0 Å². The van der Waals surface area contributed by atoms with Crippen molar-refractivity contribution in [2.24, 2.45) is 0 Å². The van der Waals surface area contributed by atoms with Crippen molar-refractivity contribution in [3.05, 3.63) is 56.5 Å². The van der Waals surface area contributed by atoms with Gasteiger partial charge in [0.25, 0.3) is 0 Å². The quantitative estimate of drug-likeness (QED) is 0.678. The van der Waals surface area contributed by atoms with E-state index in [0.29, 0.717) is 6.42 Å². The Kier molecular flexibility index (Phi) is 3.47. The average molecular weight is 426 g/mol. The standard InChI is InChI=1S/C17H14Br2O3/c18-9-1-3-11-12-4-2-10(19)6-14(12)17(13(11)5-9)7-15(20)16(21)8-22-17/h1-6,15-16,20-21H,7-8H2/t15-,16+/m1/s1. The smallest absolute Gasteiger partial charge is 0.122 e. The van der Waals surface area contributed by atoms with Crippen LogP contribution in [0.3, 0.4) is 0 Å². The molecule has 2 N–H and O–H groups in total. The maximum Gasteiger partial charge on any atom is 0.122 e. The first kappa shape index (κ1) is 14.8. The highest BCUT2D eigenvalue weighted by Crippen LogP contribution is 2.54. The molecule has 22 heavy (non-hydrogen) atoms. The Morgan fingerprint density at radius 2 is 1.45 bits per heavy atom. The molecular formula is C17H14Br2O3. The fourth-order valence-electron chi connectivity index (χ4n) is 3.52. The summed E-state index contributed by atoms with van der Waals surface area (Å²) in [6.07, 6.45) is -1.29. The molecule has 2 atom stereocenters. The minimum absolute atomic E-state index is 0.124. The fraction of sp³-hybridized carbons (Fsp3) is 0.294. The highest BCUT2D eigenvalue weighted by atomic mass is 79.9. The van der Waals surface area contributed by atoms with Crippen LogP contribution in [0.1, 0.15) is 17.5 Å². The van der Waals surface area contributed by atoms with E-state index >= 15 is 0 Å². The number of fused-ring (bicyclic) bond motifs is 5. The van der Waals surface area contributed by atoms with E-state index in [9.17, 15) is 10.2 Å². The maximum atomic E-state index is 10.2. The lowest BCUT2D eigenvalue weighted by Crippen LogP contribution is -2.47. The highest BCUT2D eigenvalue weighted by molar-refractivity contribution is 9.10. The van der Waals surface area contributed by atoms with Crippen molar-refractivity contribution in [3.8, 4) is 11.1 Å². The first-order valence-corrected chi connectivity index (χ1v) is 8.70. The van der Waals surface area contributed by atoms with E-state index < -0.39 is 17.8 Å². The highest BCUT2D eigenvalue weighted by Gasteiger charge is 2.49. The van der Waals surface area contributed by atoms with Crippen LogP contribution in [0.25, 0.3) is 11.1 Å². The lowest BCUT2D eigenvalue weighted by molar-refractivity contribution is -0.157. The van der Waals surface area contributed by atoms with Gasteiger partial charge in [-0.25, -0.2) is 0 Å². The zero-order chi connectivity index (χ0) is 15.5. The lowest BCUT2D eigenvalue weighted by Gasteiger charge is -2.40. The SMILES string of the molecule is O[C@@H]1CC2(OC[C@@H]1O)c1cc(Br)ccc1-c1ccc(Br)cc12. The molecule has 114 valence electrons. The maximum absolute atomic E-state index is 10.2. The average Bonchev–Trinajstić information content (AvgIpc) is 2.73. The van der Waals surface area contributed by atoms with E-state index in [1.807, 2.05) is 24.3 Å². The molecule has 0 amide bonds. The van der Waals surface area contributed by atoms with Gasteiger partial charge in [-0.15, -0.1) is 0 Å². The second-order valence-corrected chi connectivity index (χ2v) is 7.69. The number of hydrogen-bond acceptors (Lipinski definition) is 3. The zero-order valence-corrected chi connectivity index (χ0v) is 14.8. The summed E-state index contributed by atoms with van der Waals surface area (Å²) in [6.45, 7) is 0.124. The summed E-state index contributed by atoms with van der Waals surface area (Å²) in [5, 5.41) is 20.1. The zero-order valence-electron chi connectivity index (χ0n) is 11.6. The molecule has 1 fully saturated rings. The van der Waals surface area contributed by atoms with Crippen LogP contribution < -0.4 is 0 Å². The van der Waals surface area contributed by atoms with Gasteiger partial charge in [0.1, 0.15) is 11.7 Å². The van der Waals surface area contributed by atoms with Gasteiger partial charge >= 0.3 is 0 Å². The predicted octanol–water partition coefficient (Wildman–Crippen LogP) is 3.58. The molecule has 1 saturated heterocycles. The Labute approximate surface area is 145 Å². The molecular weight excluding hydrogens is 412 g/mol. The molecule has 0 radical (unpaired) electrons. The van der Waals surface area contributed by atoms with Crippen LogP contribution in [-0.4, -0.2) is 29.0 Å². The molecule has 1 aliphatic heterocycles. The molecule has 2 aromatic rings. The summed E-state index contributed by atoms with van der Waals surface area (Å²) in [5.41, 5.74) is 3.63. The van der Waals surface area contributed by atoms with Gasteiger partial charge in [-0.05, 0) is 46.5 Å². The van der Waals surface area contributed by atoms with Crippen molar-refractivity contribution in [1.29, 1.82) is 0 Å². The predicted molar refractivity (Wildman–Crippen MR) is 90.6 cm³/mol. The largest absolute Gasteiger partial charge is 0.390 e. The molecule has 2 aromatic carbocycles. The number of halogens is 2. The third-order valence-electron chi connectivity index (χ3n) is 4.56. The van der Waals surface area contributed by atoms with Crippen molar-refractivity contribution in [1.82, 2.24) is 0 Å². The number of benzene rings is 2. The minimum atomic E-state index is -0.836. The first-order valence-electron chi connectivity index (χ1n) is 7.12. The van der Waals surface area contributed by atoms with Crippen LogP contribution >= 0.6 is 31.9 Å². The summed E-state index contributed by atoms with van der Waals surface area (Å²) >= 11 is 7.05. The Morgan fingerprint density at radius 1 is 0.909 bits per heavy atom. The van der Waals surface area contributed by atoms with Gasteiger partial charge in [-0.2, -0.15) is 0 Å². The fourth-order valence-corrected chi connectivity index (χ4v) is 4.24. The number of aliphatic hydroxyl groups excluding tert-OH is 2. The molecule has 1 aliphatic carbocycles.